The van der Waals surface area contributed by atoms with Gasteiger partial charge in [-0.1, -0.05) is 47.1 Å². The minimum atomic E-state index is 0.653. The van der Waals surface area contributed by atoms with Crippen LogP contribution in [0.1, 0.15) is 11.1 Å². The van der Waals surface area contributed by atoms with Crippen molar-refractivity contribution < 1.29 is 0 Å². The van der Waals surface area contributed by atoms with E-state index in [4.69, 9.17) is 11.6 Å². The lowest BCUT2D eigenvalue weighted by Crippen LogP contribution is -1.92. The molecule has 0 aliphatic carbocycles. The third-order valence-electron chi connectivity index (χ3n) is 3.61. The Bertz CT molecular complexity index is 1010. The van der Waals surface area contributed by atoms with E-state index in [9.17, 15) is 0 Å². The summed E-state index contributed by atoms with van der Waals surface area (Å²) >= 11 is 7.55. The average Bonchev–Trinajstić information content (AvgIpc) is 2.90. The van der Waals surface area contributed by atoms with Crippen LogP contribution in [0.15, 0.2) is 47.6 Å². The van der Waals surface area contributed by atoms with E-state index >= 15 is 0 Å². The molecule has 114 valence electrons. The molecule has 0 radical (unpaired) electrons. The minimum absolute atomic E-state index is 0.653. The first-order valence-electron chi connectivity index (χ1n) is 7.19. The zero-order chi connectivity index (χ0) is 15.8. The molecular weight excluding hydrogens is 328 g/mol. The molecule has 0 bridgehead atoms. The zero-order valence-corrected chi connectivity index (χ0v) is 13.9. The van der Waals surface area contributed by atoms with Gasteiger partial charge in [-0.3, -0.25) is 0 Å². The molecule has 2 aromatic carbocycles. The molecule has 0 atom stereocenters. The number of H-pyrrole nitrogens is 1. The molecule has 4 nitrogen and oxygen atoms in total. The number of rotatable bonds is 3. The molecule has 2 heterocycles. The second-order valence-electron chi connectivity index (χ2n) is 5.38. The number of nitrogens with zero attached hydrogens (tertiary/aromatic N) is 3. The van der Waals surface area contributed by atoms with Crippen molar-refractivity contribution in [3.05, 3.63) is 58.6 Å². The van der Waals surface area contributed by atoms with Gasteiger partial charge in [-0.25, -0.2) is 4.98 Å². The highest BCUT2D eigenvalue weighted by Crippen LogP contribution is 2.26. The molecule has 2 aromatic heterocycles. The molecule has 23 heavy (non-hydrogen) atoms. The quantitative estimate of drug-likeness (QED) is 0.546. The lowest BCUT2D eigenvalue weighted by atomic mass is 10.2. The van der Waals surface area contributed by atoms with Crippen LogP contribution in [0.3, 0.4) is 0 Å². The van der Waals surface area contributed by atoms with Crippen molar-refractivity contribution in [1.29, 1.82) is 0 Å². The van der Waals surface area contributed by atoms with E-state index in [1.807, 2.05) is 30.3 Å². The first-order valence-corrected chi connectivity index (χ1v) is 8.55. The standard InChI is InChI=1S/C17H13ClN4S/c1-10-5-6-14-13(7-10)15-16(19-14)20-17(22-21-15)23-9-11-3-2-4-12(18)8-11/h2-8H,9H2,1H3,(H,19,20,22). The highest BCUT2D eigenvalue weighted by atomic mass is 35.5. The molecular formula is C17H13ClN4S. The van der Waals surface area contributed by atoms with Crippen LogP contribution < -0.4 is 0 Å². The molecule has 1 N–H and O–H groups in total. The van der Waals surface area contributed by atoms with Crippen molar-refractivity contribution in [3.63, 3.8) is 0 Å². The number of aromatic nitrogens is 4. The van der Waals surface area contributed by atoms with Gasteiger partial charge in [0.05, 0.1) is 0 Å². The van der Waals surface area contributed by atoms with Crippen molar-refractivity contribution >= 4 is 45.4 Å². The molecule has 0 saturated heterocycles. The summed E-state index contributed by atoms with van der Waals surface area (Å²) in [5, 5.41) is 11.0. The first kappa shape index (κ1) is 14.5. The predicted octanol–water partition coefficient (Wildman–Crippen LogP) is 4.76. The van der Waals surface area contributed by atoms with Crippen molar-refractivity contribution in [2.75, 3.05) is 0 Å². The Kier molecular flexibility index (Phi) is 3.67. The van der Waals surface area contributed by atoms with Crippen LogP contribution in [0.25, 0.3) is 22.1 Å². The van der Waals surface area contributed by atoms with Crippen molar-refractivity contribution in [2.45, 2.75) is 17.8 Å². The normalized spacial score (nSPS) is 11.4. The van der Waals surface area contributed by atoms with E-state index in [0.717, 1.165) is 38.4 Å². The van der Waals surface area contributed by atoms with E-state index in [1.54, 1.807) is 11.8 Å². The lowest BCUT2D eigenvalue weighted by Gasteiger charge is -2.00. The summed E-state index contributed by atoms with van der Waals surface area (Å²) in [5.74, 6) is 0.757. The topological polar surface area (TPSA) is 54.5 Å². The summed E-state index contributed by atoms with van der Waals surface area (Å²) < 4.78 is 0. The van der Waals surface area contributed by atoms with Crippen molar-refractivity contribution in [3.8, 4) is 0 Å². The second kappa shape index (κ2) is 5.83. The second-order valence-corrected chi connectivity index (χ2v) is 6.76. The Morgan fingerprint density at radius 1 is 1.13 bits per heavy atom. The van der Waals surface area contributed by atoms with Gasteiger partial charge >= 0.3 is 0 Å². The van der Waals surface area contributed by atoms with Crippen LogP contribution in [-0.4, -0.2) is 20.2 Å². The molecule has 0 aliphatic heterocycles. The highest BCUT2D eigenvalue weighted by molar-refractivity contribution is 7.98. The molecule has 4 rings (SSSR count). The fourth-order valence-electron chi connectivity index (χ4n) is 2.51. The van der Waals surface area contributed by atoms with Gasteiger partial charge in [-0.15, -0.1) is 10.2 Å². The number of benzene rings is 2. The van der Waals surface area contributed by atoms with Crippen molar-refractivity contribution in [1.82, 2.24) is 20.2 Å². The fraction of sp³-hybridized carbons (Fsp3) is 0.118. The highest BCUT2D eigenvalue weighted by Gasteiger charge is 2.09. The van der Waals surface area contributed by atoms with Gasteiger partial charge in [0.25, 0.3) is 0 Å². The molecule has 0 saturated carbocycles. The number of nitrogens with one attached hydrogen (secondary N) is 1. The molecule has 0 aliphatic rings. The van der Waals surface area contributed by atoms with Gasteiger partial charge < -0.3 is 4.98 Å². The Morgan fingerprint density at radius 3 is 2.91 bits per heavy atom. The maximum absolute atomic E-state index is 6.00. The largest absolute Gasteiger partial charge is 0.338 e. The van der Waals surface area contributed by atoms with Gasteiger partial charge in [0.2, 0.25) is 5.16 Å². The Balaban J connectivity index is 1.65. The third-order valence-corrected chi connectivity index (χ3v) is 4.75. The Hall–Kier alpha value is -2.11. The van der Waals surface area contributed by atoms with Gasteiger partial charge in [0.1, 0.15) is 5.52 Å². The lowest BCUT2D eigenvalue weighted by molar-refractivity contribution is 0.878. The molecule has 4 aromatic rings. The summed E-state index contributed by atoms with van der Waals surface area (Å²) in [7, 11) is 0. The average molecular weight is 341 g/mol. The summed E-state index contributed by atoms with van der Waals surface area (Å²) in [4.78, 5) is 7.89. The Labute approximate surface area is 142 Å². The molecule has 0 amide bonds. The van der Waals surface area contributed by atoms with Crippen molar-refractivity contribution in [2.24, 2.45) is 0 Å². The van der Waals surface area contributed by atoms with E-state index in [1.165, 1.54) is 5.56 Å². The first-order chi connectivity index (χ1) is 11.2. The number of thioether (sulfide) groups is 1. The predicted molar refractivity (Wildman–Crippen MR) is 94.9 cm³/mol. The van der Waals surface area contributed by atoms with Crippen LogP contribution in [0.2, 0.25) is 5.02 Å². The maximum atomic E-state index is 6.00. The summed E-state index contributed by atoms with van der Waals surface area (Å²) in [6.07, 6.45) is 0. The smallest absolute Gasteiger partial charge is 0.211 e. The Morgan fingerprint density at radius 2 is 2.04 bits per heavy atom. The van der Waals surface area contributed by atoms with E-state index in [2.05, 4.69) is 39.2 Å². The summed E-state index contributed by atoms with van der Waals surface area (Å²) in [5.41, 5.74) is 4.95. The number of hydrogen-bond donors (Lipinski definition) is 1. The third kappa shape index (κ3) is 2.90. The van der Waals surface area contributed by atoms with Crippen LogP contribution in [0.4, 0.5) is 0 Å². The van der Waals surface area contributed by atoms with E-state index in [-0.39, 0.29) is 0 Å². The number of aromatic amines is 1. The molecule has 0 fully saturated rings. The minimum Gasteiger partial charge on any atom is -0.338 e. The van der Waals surface area contributed by atoms with E-state index in [0.29, 0.717) is 5.16 Å². The molecule has 0 spiro atoms. The van der Waals surface area contributed by atoms with Crippen LogP contribution in [0, 0.1) is 6.92 Å². The van der Waals surface area contributed by atoms with Gasteiger partial charge in [0.15, 0.2) is 5.65 Å². The van der Waals surface area contributed by atoms with E-state index < -0.39 is 0 Å². The van der Waals surface area contributed by atoms with Gasteiger partial charge in [-0.2, -0.15) is 0 Å². The monoisotopic (exact) mass is 340 g/mol. The molecule has 0 unspecified atom stereocenters. The number of fused-ring (bicyclic) bond motifs is 3. The van der Waals surface area contributed by atoms with Gasteiger partial charge in [0, 0.05) is 21.7 Å². The van der Waals surface area contributed by atoms with Crippen LogP contribution in [0.5, 0.6) is 0 Å². The number of hydrogen-bond acceptors (Lipinski definition) is 4. The van der Waals surface area contributed by atoms with Crippen LogP contribution >= 0.6 is 23.4 Å². The van der Waals surface area contributed by atoms with Gasteiger partial charge in [-0.05, 0) is 36.8 Å². The zero-order valence-electron chi connectivity index (χ0n) is 12.4. The summed E-state index contributed by atoms with van der Waals surface area (Å²) in [6, 6.07) is 14.0. The number of halogens is 1. The fourth-order valence-corrected chi connectivity index (χ4v) is 3.45. The molecule has 6 heteroatoms. The maximum Gasteiger partial charge on any atom is 0.211 e. The summed E-state index contributed by atoms with van der Waals surface area (Å²) in [6.45, 7) is 2.06. The van der Waals surface area contributed by atoms with Crippen LogP contribution in [-0.2, 0) is 5.75 Å². The SMILES string of the molecule is Cc1ccc2[nH]c3nc(SCc4cccc(Cl)c4)nnc3c2c1. The number of aryl methyl sites for hydroxylation is 1.